The van der Waals surface area contributed by atoms with Gasteiger partial charge in [-0.2, -0.15) is 0 Å². The molecule has 20 heavy (non-hydrogen) atoms. The first-order valence-electron chi connectivity index (χ1n) is 6.59. The van der Waals surface area contributed by atoms with Crippen molar-refractivity contribution in [3.63, 3.8) is 0 Å². The Bertz CT molecular complexity index is 626. The summed E-state index contributed by atoms with van der Waals surface area (Å²) in [6.45, 7) is 0. The van der Waals surface area contributed by atoms with E-state index in [0.29, 0.717) is 22.7 Å². The van der Waals surface area contributed by atoms with E-state index in [0.717, 1.165) is 17.3 Å². The summed E-state index contributed by atoms with van der Waals surface area (Å²) in [6, 6.07) is 13.5. The Morgan fingerprint density at radius 1 is 1.15 bits per heavy atom. The van der Waals surface area contributed by atoms with Crippen LogP contribution in [0.5, 0.6) is 0 Å². The van der Waals surface area contributed by atoms with Crippen molar-refractivity contribution in [2.24, 2.45) is 0 Å². The Morgan fingerprint density at radius 2 is 1.95 bits per heavy atom. The van der Waals surface area contributed by atoms with Gasteiger partial charge in [0.05, 0.1) is 5.69 Å². The van der Waals surface area contributed by atoms with Crippen LogP contribution >= 0.6 is 27.5 Å². The predicted molar refractivity (Wildman–Crippen MR) is 84.9 cm³/mol. The van der Waals surface area contributed by atoms with Crippen LogP contribution in [0, 0.1) is 5.82 Å². The first kappa shape index (κ1) is 13.9. The van der Waals surface area contributed by atoms with E-state index in [1.807, 2.05) is 6.07 Å². The Balaban J connectivity index is 1.61. The van der Waals surface area contributed by atoms with Crippen LogP contribution in [0.15, 0.2) is 46.9 Å². The highest BCUT2D eigenvalue weighted by molar-refractivity contribution is 9.10. The zero-order valence-electron chi connectivity index (χ0n) is 10.7. The second-order valence-electron chi connectivity index (χ2n) is 5.19. The van der Waals surface area contributed by atoms with Crippen molar-refractivity contribution in [1.29, 1.82) is 0 Å². The summed E-state index contributed by atoms with van der Waals surface area (Å²) >= 11 is 9.24. The third kappa shape index (κ3) is 2.99. The fourth-order valence-corrected chi connectivity index (χ4v) is 3.17. The molecule has 1 fully saturated rings. The van der Waals surface area contributed by atoms with Gasteiger partial charge in [-0.25, -0.2) is 4.39 Å². The van der Waals surface area contributed by atoms with E-state index in [2.05, 4.69) is 39.4 Å². The van der Waals surface area contributed by atoms with E-state index in [1.54, 1.807) is 12.1 Å². The molecule has 0 heterocycles. The molecule has 0 aliphatic heterocycles. The summed E-state index contributed by atoms with van der Waals surface area (Å²) in [5.41, 5.74) is 1.88. The minimum Gasteiger partial charge on any atom is -0.380 e. The van der Waals surface area contributed by atoms with Crippen LogP contribution in [0.2, 0.25) is 5.02 Å². The van der Waals surface area contributed by atoms with Gasteiger partial charge in [0.25, 0.3) is 0 Å². The molecule has 2 aromatic carbocycles. The van der Waals surface area contributed by atoms with Crippen molar-refractivity contribution in [2.75, 3.05) is 5.32 Å². The summed E-state index contributed by atoms with van der Waals surface area (Å²) in [7, 11) is 0. The van der Waals surface area contributed by atoms with E-state index in [9.17, 15) is 4.39 Å². The number of hydrogen-bond acceptors (Lipinski definition) is 1. The third-order valence-corrected chi connectivity index (χ3v) is 4.48. The summed E-state index contributed by atoms with van der Waals surface area (Å²) in [5.74, 6) is 0.267. The van der Waals surface area contributed by atoms with Gasteiger partial charge in [-0.15, -0.1) is 0 Å². The Kier molecular flexibility index (Phi) is 3.99. The molecule has 3 rings (SSSR count). The SMILES string of the molecule is Fc1cc(Cl)ccc1NC1CC(c2cccc(Br)c2)C1. The summed E-state index contributed by atoms with van der Waals surface area (Å²) < 4.78 is 14.8. The van der Waals surface area contributed by atoms with Gasteiger partial charge in [-0.05, 0) is 54.7 Å². The van der Waals surface area contributed by atoms with E-state index in [-0.39, 0.29) is 5.82 Å². The molecule has 1 N–H and O–H groups in total. The summed E-state index contributed by atoms with van der Waals surface area (Å²) in [6.07, 6.45) is 2.05. The number of nitrogens with one attached hydrogen (secondary N) is 1. The number of hydrogen-bond donors (Lipinski definition) is 1. The van der Waals surface area contributed by atoms with E-state index in [1.165, 1.54) is 11.6 Å². The molecule has 0 aromatic heterocycles. The number of anilines is 1. The largest absolute Gasteiger partial charge is 0.380 e. The van der Waals surface area contributed by atoms with E-state index < -0.39 is 0 Å². The monoisotopic (exact) mass is 353 g/mol. The zero-order chi connectivity index (χ0) is 14.1. The molecule has 104 valence electrons. The highest BCUT2D eigenvalue weighted by Crippen LogP contribution is 2.39. The zero-order valence-corrected chi connectivity index (χ0v) is 13.1. The lowest BCUT2D eigenvalue weighted by molar-refractivity contribution is 0.373. The average molecular weight is 355 g/mol. The molecule has 0 bridgehead atoms. The van der Waals surface area contributed by atoms with Crippen LogP contribution in [0.3, 0.4) is 0 Å². The van der Waals surface area contributed by atoms with Crippen LogP contribution in [-0.4, -0.2) is 6.04 Å². The van der Waals surface area contributed by atoms with Gasteiger partial charge in [0.2, 0.25) is 0 Å². The molecular formula is C16H14BrClFN. The fraction of sp³-hybridized carbons (Fsp3) is 0.250. The van der Waals surface area contributed by atoms with Gasteiger partial charge >= 0.3 is 0 Å². The molecule has 0 unspecified atom stereocenters. The third-order valence-electron chi connectivity index (χ3n) is 3.75. The lowest BCUT2D eigenvalue weighted by Gasteiger charge is -2.37. The first-order chi connectivity index (χ1) is 9.61. The van der Waals surface area contributed by atoms with Gasteiger partial charge < -0.3 is 5.32 Å². The molecule has 1 aliphatic rings. The van der Waals surface area contributed by atoms with Crippen molar-refractivity contribution in [2.45, 2.75) is 24.8 Å². The minimum absolute atomic E-state index is 0.289. The number of rotatable bonds is 3. The maximum atomic E-state index is 13.7. The first-order valence-corrected chi connectivity index (χ1v) is 7.76. The lowest BCUT2D eigenvalue weighted by Crippen LogP contribution is -2.34. The summed E-state index contributed by atoms with van der Waals surface area (Å²) in [4.78, 5) is 0. The molecule has 0 amide bonds. The summed E-state index contributed by atoms with van der Waals surface area (Å²) in [5, 5.41) is 3.67. The quantitative estimate of drug-likeness (QED) is 0.756. The Hall–Kier alpha value is -1.06. The van der Waals surface area contributed by atoms with Gasteiger partial charge in [0.15, 0.2) is 0 Å². The maximum absolute atomic E-state index is 13.7. The molecule has 4 heteroatoms. The predicted octanol–water partition coefficient (Wildman–Crippen LogP) is 5.60. The van der Waals surface area contributed by atoms with Crippen molar-refractivity contribution in [3.8, 4) is 0 Å². The maximum Gasteiger partial charge on any atom is 0.147 e. The minimum atomic E-state index is -0.289. The Morgan fingerprint density at radius 3 is 2.65 bits per heavy atom. The molecular weight excluding hydrogens is 341 g/mol. The van der Waals surface area contributed by atoms with Crippen molar-refractivity contribution < 1.29 is 4.39 Å². The van der Waals surface area contributed by atoms with Crippen molar-refractivity contribution in [1.82, 2.24) is 0 Å². The second-order valence-corrected chi connectivity index (χ2v) is 6.54. The molecule has 0 spiro atoms. The molecule has 1 aliphatic carbocycles. The number of halogens is 3. The van der Waals surface area contributed by atoms with Gasteiger partial charge in [0, 0.05) is 15.5 Å². The van der Waals surface area contributed by atoms with Crippen LogP contribution in [0.1, 0.15) is 24.3 Å². The van der Waals surface area contributed by atoms with Crippen LogP contribution < -0.4 is 5.32 Å². The number of benzene rings is 2. The highest BCUT2D eigenvalue weighted by Gasteiger charge is 2.30. The molecule has 1 nitrogen and oxygen atoms in total. The topological polar surface area (TPSA) is 12.0 Å². The Labute approximate surface area is 131 Å². The van der Waals surface area contributed by atoms with Crippen molar-refractivity contribution in [3.05, 3.63) is 63.3 Å². The molecule has 2 aromatic rings. The lowest BCUT2D eigenvalue weighted by atomic mass is 9.76. The molecule has 0 saturated heterocycles. The standard InChI is InChI=1S/C16H14BrClFN/c17-12-3-1-2-10(6-12)11-7-14(8-11)20-16-5-4-13(18)9-15(16)19/h1-6,9,11,14,20H,7-8H2. The van der Waals surface area contributed by atoms with Gasteiger partial charge in [0.1, 0.15) is 5.82 Å². The van der Waals surface area contributed by atoms with E-state index >= 15 is 0 Å². The van der Waals surface area contributed by atoms with Crippen molar-refractivity contribution >= 4 is 33.2 Å². The van der Waals surface area contributed by atoms with Crippen LogP contribution in [0.25, 0.3) is 0 Å². The van der Waals surface area contributed by atoms with Gasteiger partial charge in [-0.3, -0.25) is 0 Å². The highest BCUT2D eigenvalue weighted by atomic mass is 79.9. The normalized spacial score (nSPS) is 21.4. The average Bonchev–Trinajstić information content (AvgIpc) is 2.35. The van der Waals surface area contributed by atoms with Crippen LogP contribution in [0.4, 0.5) is 10.1 Å². The second kappa shape index (κ2) is 5.74. The smallest absolute Gasteiger partial charge is 0.147 e. The van der Waals surface area contributed by atoms with E-state index in [4.69, 9.17) is 11.6 Å². The van der Waals surface area contributed by atoms with Gasteiger partial charge in [-0.1, -0.05) is 39.7 Å². The molecule has 0 atom stereocenters. The molecule has 0 radical (unpaired) electrons. The van der Waals surface area contributed by atoms with Crippen LogP contribution in [-0.2, 0) is 0 Å². The fourth-order valence-electron chi connectivity index (χ4n) is 2.59. The molecule has 1 saturated carbocycles.